The first-order valence-electron chi connectivity index (χ1n) is 6.80. The molecule has 2 rings (SSSR count). The van der Waals surface area contributed by atoms with Crippen molar-refractivity contribution in [2.45, 2.75) is 51.1 Å². The summed E-state index contributed by atoms with van der Waals surface area (Å²) in [6, 6.07) is 0. The van der Waals surface area contributed by atoms with E-state index in [0.29, 0.717) is 12.2 Å². The summed E-state index contributed by atoms with van der Waals surface area (Å²) in [6.07, 6.45) is -1.09. The molecule has 8 heteroatoms. The number of allylic oxidation sites excluding steroid dienone is 1. The average Bonchev–Trinajstić information content (AvgIpc) is 2.42. The second kappa shape index (κ2) is 5.97. The van der Waals surface area contributed by atoms with E-state index in [0.717, 1.165) is 12.8 Å². The lowest BCUT2D eigenvalue weighted by atomic mass is 9.92. The molecule has 0 saturated heterocycles. The number of nitrogens with two attached hydrogens (primary N) is 1. The number of anilines is 1. The number of unbranched alkanes of at least 4 members (excludes halogenated alkanes) is 1. The molecule has 0 spiro atoms. The third-order valence-electron chi connectivity index (χ3n) is 3.36. The van der Waals surface area contributed by atoms with Crippen LogP contribution in [0.15, 0.2) is 5.83 Å². The van der Waals surface area contributed by atoms with Crippen molar-refractivity contribution in [2.24, 2.45) is 0 Å². The molecular weight excluding hydrogens is 285 g/mol. The fraction of sp³-hybridized carbons (Fsp3) is 0.615. The highest BCUT2D eigenvalue weighted by atomic mass is 19.3. The molecular formula is C13H17F3N4O. The summed E-state index contributed by atoms with van der Waals surface area (Å²) in [5.74, 6) is -4.53. The van der Waals surface area contributed by atoms with E-state index < -0.39 is 24.3 Å². The molecule has 1 aliphatic rings. The SMILES string of the molecule is CCCCc1nc(N)nc(C2=C(F)[C@@H](O)C(F)(F)CC2)n1. The minimum absolute atomic E-state index is 0.0688. The lowest BCUT2D eigenvalue weighted by molar-refractivity contribution is -0.107. The molecule has 1 aliphatic carbocycles. The Kier molecular flexibility index (Phi) is 4.46. The van der Waals surface area contributed by atoms with E-state index in [-0.39, 0.29) is 23.8 Å². The van der Waals surface area contributed by atoms with E-state index >= 15 is 0 Å². The molecule has 1 aromatic heterocycles. The van der Waals surface area contributed by atoms with Crippen LogP contribution in [-0.2, 0) is 6.42 Å². The number of hydrogen-bond donors (Lipinski definition) is 2. The summed E-state index contributed by atoms with van der Waals surface area (Å²) in [5, 5.41) is 9.33. The summed E-state index contributed by atoms with van der Waals surface area (Å²) in [7, 11) is 0. The monoisotopic (exact) mass is 302 g/mol. The maximum Gasteiger partial charge on any atom is 0.280 e. The van der Waals surface area contributed by atoms with Crippen molar-refractivity contribution in [3.8, 4) is 0 Å². The number of aliphatic hydroxyl groups excluding tert-OH is 1. The molecule has 0 fully saturated rings. The number of nitrogens with zero attached hydrogens (tertiary/aromatic N) is 3. The zero-order valence-electron chi connectivity index (χ0n) is 11.6. The molecule has 1 aromatic rings. The fourth-order valence-corrected chi connectivity index (χ4v) is 2.14. The highest BCUT2D eigenvalue weighted by Crippen LogP contribution is 2.40. The molecule has 5 nitrogen and oxygen atoms in total. The van der Waals surface area contributed by atoms with Crippen molar-refractivity contribution in [3.63, 3.8) is 0 Å². The molecule has 0 aliphatic heterocycles. The number of aromatic nitrogens is 3. The smallest absolute Gasteiger partial charge is 0.280 e. The summed E-state index contributed by atoms with van der Waals surface area (Å²) in [5.41, 5.74) is 5.43. The highest BCUT2D eigenvalue weighted by molar-refractivity contribution is 5.64. The molecule has 0 amide bonds. The Hall–Kier alpha value is -1.70. The Labute approximate surface area is 120 Å². The van der Waals surface area contributed by atoms with E-state index in [2.05, 4.69) is 15.0 Å². The minimum atomic E-state index is -3.48. The predicted molar refractivity (Wildman–Crippen MR) is 71.1 cm³/mol. The number of aryl methyl sites for hydroxylation is 1. The number of nitrogen functional groups attached to an aromatic ring is 1. The van der Waals surface area contributed by atoms with Crippen molar-refractivity contribution < 1.29 is 18.3 Å². The van der Waals surface area contributed by atoms with Gasteiger partial charge in [-0.1, -0.05) is 13.3 Å². The van der Waals surface area contributed by atoms with Crippen LogP contribution < -0.4 is 5.73 Å². The maximum absolute atomic E-state index is 13.9. The second-order valence-corrected chi connectivity index (χ2v) is 5.03. The van der Waals surface area contributed by atoms with Crippen molar-refractivity contribution in [2.75, 3.05) is 5.73 Å². The van der Waals surface area contributed by atoms with Gasteiger partial charge in [-0.15, -0.1) is 0 Å². The summed E-state index contributed by atoms with van der Waals surface area (Å²) in [6.45, 7) is 1.99. The number of alkyl halides is 2. The van der Waals surface area contributed by atoms with Crippen molar-refractivity contribution in [1.82, 2.24) is 15.0 Å². The normalized spacial score (nSPS) is 21.7. The first kappa shape index (κ1) is 15.7. The van der Waals surface area contributed by atoms with Crippen LogP contribution in [0, 0.1) is 0 Å². The first-order valence-corrected chi connectivity index (χ1v) is 6.80. The van der Waals surface area contributed by atoms with Gasteiger partial charge in [0, 0.05) is 18.4 Å². The maximum atomic E-state index is 13.9. The Morgan fingerprint density at radius 3 is 2.71 bits per heavy atom. The van der Waals surface area contributed by atoms with Gasteiger partial charge in [0.2, 0.25) is 5.95 Å². The summed E-state index contributed by atoms with van der Waals surface area (Å²) >= 11 is 0. The van der Waals surface area contributed by atoms with Crippen molar-refractivity contribution in [3.05, 3.63) is 17.5 Å². The predicted octanol–water partition coefficient (Wildman–Crippen LogP) is 2.27. The van der Waals surface area contributed by atoms with Crippen LogP contribution in [0.1, 0.15) is 44.3 Å². The van der Waals surface area contributed by atoms with Crippen LogP contribution in [0.3, 0.4) is 0 Å². The number of hydrogen-bond acceptors (Lipinski definition) is 5. The molecule has 0 aromatic carbocycles. The second-order valence-electron chi connectivity index (χ2n) is 5.03. The molecule has 0 bridgehead atoms. The Morgan fingerprint density at radius 2 is 2.05 bits per heavy atom. The average molecular weight is 302 g/mol. The van der Waals surface area contributed by atoms with Crippen LogP contribution >= 0.6 is 0 Å². The molecule has 1 atom stereocenters. The highest BCUT2D eigenvalue weighted by Gasteiger charge is 2.46. The molecule has 116 valence electrons. The first-order chi connectivity index (χ1) is 9.85. The lowest BCUT2D eigenvalue weighted by Gasteiger charge is -2.27. The standard InChI is InChI=1S/C13H17F3N4O/c1-2-3-4-8-18-11(20-12(17)19-8)7-5-6-13(15,16)10(21)9(7)14/h10,21H,2-6H2,1H3,(H2,17,18,19,20)/t10-/m1/s1. The Morgan fingerprint density at radius 1 is 1.33 bits per heavy atom. The summed E-state index contributed by atoms with van der Waals surface area (Å²) < 4.78 is 40.5. The van der Waals surface area contributed by atoms with E-state index in [1.54, 1.807) is 0 Å². The molecule has 1 heterocycles. The topological polar surface area (TPSA) is 84.9 Å². The van der Waals surface area contributed by atoms with Crippen LogP contribution in [-0.4, -0.2) is 32.1 Å². The fourth-order valence-electron chi connectivity index (χ4n) is 2.14. The van der Waals surface area contributed by atoms with Crippen LogP contribution in [0.5, 0.6) is 0 Å². The Balaban J connectivity index is 2.37. The third kappa shape index (κ3) is 3.31. The van der Waals surface area contributed by atoms with E-state index in [1.807, 2.05) is 6.92 Å². The van der Waals surface area contributed by atoms with Gasteiger partial charge >= 0.3 is 0 Å². The molecule has 21 heavy (non-hydrogen) atoms. The third-order valence-corrected chi connectivity index (χ3v) is 3.36. The molecule has 0 unspecified atom stereocenters. The van der Waals surface area contributed by atoms with Crippen molar-refractivity contribution >= 4 is 11.5 Å². The Bertz CT molecular complexity index is 562. The van der Waals surface area contributed by atoms with E-state index in [9.17, 15) is 18.3 Å². The van der Waals surface area contributed by atoms with Gasteiger partial charge < -0.3 is 10.8 Å². The lowest BCUT2D eigenvalue weighted by Crippen LogP contribution is -2.37. The summed E-state index contributed by atoms with van der Waals surface area (Å²) in [4.78, 5) is 11.8. The van der Waals surface area contributed by atoms with Gasteiger partial charge in [-0.2, -0.15) is 9.97 Å². The van der Waals surface area contributed by atoms with Gasteiger partial charge in [-0.05, 0) is 12.8 Å². The van der Waals surface area contributed by atoms with E-state index in [4.69, 9.17) is 5.73 Å². The van der Waals surface area contributed by atoms with Crippen LogP contribution in [0.25, 0.3) is 5.57 Å². The van der Waals surface area contributed by atoms with Gasteiger partial charge in [0.15, 0.2) is 11.9 Å². The largest absolute Gasteiger partial charge is 0.380 e. The van der Waals surface area contributed by atoms with Crippen LogP contribution in [0.2, 0.25) is 0 Å². The number of rotatable bonds is 4. The van der Waals surface area contributed by atoms with Crippen molar-refractivity contribution in [1.29, 1.82) is 0 Å². The van der Waals surface area contributed by atoms with Gasteiger partial charge in [-0.25, -0.2) is 18.2 Å². The van der Waals surface area contributed by atoms with Gasteiger partial charge in [0.25, 0.3) is 5.92 Å². The zero-order valence-corrected chi connectivity index (χ0v) is 11.6. The number of halogens is 3. The molecule has 0 radical (unpaired) electrons. The molecule has 0 saturated carbocycles. The van der Waals surface area contributed by atoms with E-state index in [1.165, 1.54) is 0 Å². The van der Waals surface area contributed by atoms with Gasteiger partial charge in [0.1, 0.15) is 11.7 Å². The van der Waals surface area contributed by atoms with Gasteiger partial charge in [-0.3, -0.25) is 0 Å². The molecule has 3 N–H and O–H groups in total. The number of aliphatic hydroxyl groups is 1. The zero-order chi connectivity index (χ0) is 15.6. The minimum Gasteiger partial charge on any atom is -0.380 e. The van der Waals surface area contributed by atoms with Gasteiger partial charge in [0.05, 0.1) is 0 Å². The quantitative estimate of drug-likeness (QED) is 0.891. The van der Waals surface area contributed by atoms with Crippen LogP contribution in [0.4, 0.5) is 19.1 Å².